The van der Waals surface area contributed by atoms with Gasteiger partial charge in [-0.25, -0.2) is 0 Å². The Bertz CT molecular complexity index is 393. The van der Waals surface area contributed by atoms with Crippen molar-refractivity contribution in [3.05, 3.63) is 0 Å². The maximum atomic E-state index is 11.6. The molecule has 2 saturated carbocycles. The molecule has 25 heavy (non-hydrogen) atoms. The van der Waals surface area contributed by atoms with Crippen molar-refractivity contribution in [1.29, 1.82) is 0 Å². The summed E-state index contributed by atoms with van der Waals surface area (Å²) in [5.41, 5.74) is 0.307. The Morgan fingerprint density at radius 1 is 1.20 bits per heavy atom. The smallest absolute Gasteiger partial charge is 0.155 e. The van der Waals surface area contributed by atoms with E-state index in [9.17, 15) is 9.36 Å². The van der Waals surface area contributed by atoms with E-state index in [0.717, 1.165) is 38.6 Å². The van der Waals surface area contributed by atoms with E-state index >= 15 is 0 Å². The van der Waals surface area contributed by atoms with Crippen LogP contribution in [0.3, 0.4) is 0 Å². The number of rotatable bonds is 7. The molecule has 2 fully saturated rings. The van der Waals surface area contributed by atoms with Crippen LogP contribution in [0.2, 0.25) is 0 Å². The number of ether oxygens (including phenoxy) is 1. The minimum absolute atomic E-state index is 0.0255. The molecule has 2 bridgehead atoms. The summed E-state index contributed by atoms with van der Waals surface area (Å²) in [6.45, 7) is 16.9. The highest BCUT2D eigenvalue weighted by atomic mass is 31.1. The van der Waals surface area contributed by atoms with Gasteiger partial charge >= 0.3 is 0 Å². The van der Waals surface area contributed by atoms with Crippen LogP contribution in [0.15, 0.2) is 0 Å². The average molecular weight is 373 g/mol. The van der Waals surface area contributed by atoms with Crippen molar-refractivity contribution >= 4 is 14.2 Å². The molecule has 0 N–H and O–H groups in total. The molecule has 0 amide bonds. The Labute approximate surface area is 157 Å². The highest BCUT2D eigenvalue weighted by molar-refractivity contribution is 7.23. The number of carbonyl (C=O) groups is 1. The van der Waals surface area contributed by atoms with Gasteiger partial charge in [-0.3, -0.25) is 9.36 Å². The third kappa shape index (κ3) is 7.47. The van der Waals surface area contributed by atoms with Crippen molar-refractivity contribution in [2.75, 3.05) is 19.4 Å². The van der Waals surface area contributed by atoms with Gasteiger partial charge in [0.25, 0.3) is 0 Å². The van der Waals surface area contributed by atoms with Gasteiger partial charge in [0.05, 0.1) is 0 Å². The molecule has 2 aliphatic carbocycles. The maximum Gasteiger partial charge on any atom is 0.155 e. The molecule has 0 aromatic carbocycles. The van der Waals surface area contributed by atoms with Crippen LogP contribution in [0.25, 0.3) is 0 Å². The Kier molecular flexibility index (Phi) is 12.0. The van der Waals surface area contributed by atoms with Gasteiger partial charge in [0.15, 0.2) is 8.46 Å². The van der Waals surface area contributed by atoms with Crippen LogP contribution in [0, 0.1) is 22.7 Å². The fourth-order valence-corrected chi connectivity index (χ4v) is 4.03. The van der Waals surface area contributed by atoms with Crippen molar-refractivity contribution in [2.24, 2.45) is 22.7 Å². The van der Waals surface area contributed by atoms with Gasteiger partial charge in [0.2, 0.25) is 0 Å². The number of Topliss-reactive ketones (excluding diaryl/α,β-unsaturated/α-hetero) is 1. The van der Waals surface area contributed by atoms with Gasteiger partial charge in [-0.1, -0.05) is 54.4 Å². The monoisotopic (exact) mass is 372 g/mol. The number of carbonyl (C=O) groups excluding carboxylic acids is 1. The minimum atomic E-state index is 0.0255. The Hall–Kier alpha value is -0.270. The van der Waals surface area contributed by atoms with Crippen LogP contribution in [0.4, 0.5) is 0 Å². The van der Waals surface area contributed by atoms with Crippen molar-refractivity contribution in [2.45, 2.75) is 87.0 Å². The molecule has 0 saturated heterocycles. The summed E-state index contributed by atoms with van der Waals surface area (Å²) in [5.74, 6) is 1.87. The SMILES string of the molecule is CC12CCC(CC1=O)C2(C)C.CCCCCP=O.CCOCC(C)C. The van der Waals surface area contributed by atoms with E-state index in [2.05, 4.69) is 41.5 Å². The van der Waals surface area contributed by atoms with E-state index in [1.807, 2.05) is 6.92 Å². The van der Waals surface area contributed by atoms with E-state index in [-0.39, 0.29) is 10.8 Å². The molecule has 0 aliphatic heterocycles. The largest absolute Gasteiger partial charge is 0.381 e. The van der Waals surface area contributed by atoms with Crippen LogP contribution >= 0.6 is 8.46 Å². The van der Waals surface area contributed by atoms with Crippen LogP contribution in [-0.4, -0.2) is 25.2 Å². The lowest BCUT2D eigenvalue weighted by atomic mass is 9.70. The first kappa shape index (κ1) is 24.7. The van der Waals surface area contributed by atoms with Crippen molar-refractivity contribution < 1.29 is 14.1 Å². The number of fused-ring (bicyclic) bond motifs is 2. The van der Waals surface area contributed by atoms with Crippen molar-refractivity contribution in [3.8, 4) is 0 Å². The summed E-state index contributed by atoms with van der Waals surface area (Å²) in [6, 6.07) is 0. The zero-order valence-corrected chi connectivity index (χ0v) is 18.6. The van der Waals surface area contributed by atoms with Crippen molar-refractivity contribution in [3.63, 3.8) is 0 Å². The van der Waals surface area contributed by atoms with Gasteiger partial charge in [0.1, 0.15) is 5.78 Å². The Balaban J connectivity index is 0.000000366. The molecule has 0 radical (unpaired) electrons. The van der Waals surface area contributed by atoms with Gasteiger partial charge < -0.3 is 4.74 Å². The van der Waals surface area contributed by atoms with E-state index in [0.29, 0.717) is 26.1 Å². The molecule has 4 heteroatoms. The van der Waals surface area contributed by atoms with E-state index in [1.54, 1.807) is 0 Å². The third-order valence-electron chi connectivity index (χ3n) is 5.99. The minimum Gasteiger partial charge on any atom is -0.381 e. The zero-order valence-electron chi connectivity index (χ0n) is 17.7. The molecule has 3 nitrogen and oxygen atoms in total. The molecule has 2 atom stereocenters. The fraction of sp³-hybridized carbons (Fsp3) is 0.952. The van der Waals surface area contributed by atoms with Gasteiger partial charge in [0, 0.05) is 31.2 Å². The molecule has 2 aliphatic rings. The van der Waals surface area contributed by atoms with Gasteiger partial charge in [-0.15, -0.1) is 0 Å². The number of ketones is 1. The number of hydrogen-bond donors (Lipinski definition) is 0. The van der Waals surface area contributed by atoms with E-state index in [1.165, 1.54) is 19.3 Å². The van der Waals surface area contributed by atoms with Crippen LogP contribution in [0.1, 0.15) is 87.0 Å². The van der Waals surface area contributed by atoms with Gasteiger partial charge in [-0.05, 0) is 43.4 Å². The molecule has 2 rings (SSSR count). The predicted octanol–water partition coefficient (Wildman–Crippen LogP) is 6.55. The average Bonchev–Trinajstić information content (AvgIpc) is 2.88. The van der Waals surface area contributed by atoms with Crippen molar-refractivity contribution in [1.82, 2.24) is 0 Å². The van der Waals surface area contributed by atoms with E-state index < -0.39 is 0 Å². The molecule has 148 valence electrons. The second-order valence-corrected chi connectivity index (χ2v) is 9.24. The molecule has 2 unspecified atom stereocenters. The third-order valence-corrected chi connectivity index (χ3v) is 6.49. The summed E-state index contributed by atoms with van der Waals surface area (Å²) >= 11 is 0. The summed E-state index contributed by atoms with van der Waals surface area (Å²) < 4.78 is 14.9. The topological polar surface area (TPSA) is 43.4 Å². The van der Waals surface area contributed by atoms with E-state index in [4.69, 9.17) is 4.74 Å². The molecular weight excluding hydrogens is 331 g/mol. The Morgan fingerprint density at radius 3 is 2.08 bits per heavy atom. The number of unbranched alkanes of at least 4 members (excludes halogenated alkanes) is 2. The lowest BCUT2D eigenvalue weighted by Gasteiger charge is -2.32. The first-order valence-electron chi connectivity index (χ1n) is 10.1. The normalized spacial score (nSPS) is 26.2. The first-order valence-corrected chi connectivity index (χ1v) is 11.1. The second kappa shape index (κ2) is 12.2. The summed E-state index contributed by atoms with van der Waals surface area (Å²) in [6.07, 6.45) is 7.64. The molecule has 0 aromatic heterocycles. The second-order valence-electron chi connectivity index (χ2n) is 8.53. The lowest BCUT2D eigenvalue weighted by Crippen LogP contribution is -2.32. The lowest BCUT2D eigenvalue weighted by molar-refractivity contribution is -0.128. The highest BCUT2D eigenvalue weighted by Crippen LogP contribution is 2.63. The highest BCUT2D eigenvalue weighted by Gasteiger charge is 2.61. The molecular formula is C21H41O3P. The molecule has 0 aromatic rings. The summed E-state index contributed by atoms with van der Waals surface area (Å²) in [4.78, 5) is 11.6. The first-order chi connectivity index (χ1) is 11.7. The number of hydrogen-bond acceptors (Lipinski definition) is 3. The molecule has 0 heterocycles. The van der Waals surface area contributed by atoms with Gasteiger partial charge in [-0.2, -0.15) is 0 Å². The summed E-state index contributed by atoms with van der Waals surface area (Å²) in [5, 5.41) is 0. The Morgan fingerprint density at radius 2 is 1.84 bits per heavy atom. The standard InChI is InChI=1S/C10H16O.C6H14O.C5H11OP/c1-9(2)7-4-5-10(9,3)8(11)6-7;1-4-7-5-6(2)3;1-2-3-4-5-7-6/h7H,4-6H2,1-3H3;6H,4-5H2,1-3H3;2-5H2,1H3. The zero-order chi connectivity index (χ0) is 19.5. The van der Waals surface area contributed by atoms with Crippen LogP contribution < -0.4 is 0 Å². The van der Waals surface area contributed by atoms with Crippen LogP contribution in [-0.2, 0) is 14.1 Å². The fourth-order valence-electron chi connectivity index (χ4n) is 3.68. The summed E-state index contributed by atoms with van der Waals surface area (Å²) in [7, 11) is 0.305. The quantitative estimate of drug-likeness (QED) is 0.376. The molecule has 0 spiro atoms. The predicted molar refractivity (Wildman–Crippen MR) is 108 cm³/mol. The van der Waals surface area contributed by atoms with Crippen LogP contribution in [0.5, 0.6) is 0 Å². The maximum absolute atomic E-state index is 11.6.